The first kappa shape index (κ1) is 46.2. The van der Waals surface area contributed by atoms with Gasteiger partial charge in [0.1, 0.15) is 30.8 Å². The van der Waals surface area contributed by atoms with Crippen molar-refractivity contribution in [2.75, 3.05) is 46.7 Å². The van der Waals surface area contributed by atoms with E-state index in [4.69, 9.17) is 38.4 Å². The van der Waals surface area contributed by atoms with E-state index in [1.54, 1.807) is 18.0 Å². The first-order valence-corrected chi connectivity index (χ1v) is 22.8. The van der Waals surface area contributed by atoms with Crippen molar-refractivity contribution < 1.29 is 48.3 Å². The summed E-state index contributed by atoms with van der Waals surface area (Å²) in [5.74, 6) is -0.616. The van der Waals surface area contributed by atoms with Gasteiger partial charge in [-0.25, -0.2) is 4.79 Å². The number of hydrogen-bond acceptors (Lipinski definition) is 12. The summed E-state index contributed by atoms with van der Waals surface area (Å²) in [5.41, 5.74) is 5.38. The van der Waals surface area contributed by atoms with Crippen LogP contribution in [-0.4, -0.2) is 96.7 Å². The molecule has 13 heteroatoms. The van der Waals surface area contributed by atoms with E-state index in [-0.39, 0.29) is 57.2 Å². The molecule has 1 amide bonds. The number of fused-ring (bicyclic) bond motifs is 2. The number of aliphatic hydroxyl groups is 2. The number of unbranched alkanes of at least 4 members (excludes halogenated alkanes) is 2. The van der Waals surface area contributed by atoms with Crippen molar-refractivity contribution in [1.82, 2.24) is 9.88 Å². The van der Waals surface area contributed by atoms with E-state index in [1.165, 1.54) is 0 Å². The Morgan fingerprint density at radius 1 is 1.00 bits per heavy atom. The number of pyridine rings is 1. The van der Waals surface area contributed by atoms with Crippen LogP contribution in [0.3, 0.4) is 0 Å². The number of amides is 1. The van der Waals surface area contributed by atoms with E-state index in [0.717, 1.165) is 73.0 Å². The summed E-state index contributed by atoms with van der Waals surface area (Å²) in [5, 5.41) is 24.8. The first-order chi connectivity index (χ1) is 30.8. The summed E-state index contributed by atoms with van der Waals surface area (Å²) < 4.78 is 38.4. The molecule has 0 bridgehead atoms. The van der Waals surface area contributed by atoms with Gasteiger partial charge in [0, 0.05) is 50.3 Å². The monoisotopic (exact) mass is 867 g/mol. The Hall–Kier alpha value is -4.79. The molecule has 7 atom stereocenters. The van der Waals surface area contributed by atoms with Crippen LogP contribution in [0.1, 0.15) is 92.6 Å². The first-order valence-electron chi connectivity index (χ1n) is 22.8. The average molecular weight is 868 g/mol. The molecule has 7 rings (SSSR count). The zero-order valence-electron chi connectivity index (χ0n) is 36.9. The van der Waals surface area contributed by atoms with Crippen LogP contribution in [0, 0.1) is 24.7 Å². The highest BCUT2D eigenvalue weighted by atomic mass is 16.8. The number of hydrogen-bond donors (Lipinski definition) is 2. The number of ether oxygens (including phenoxy) is 6. The van der Waals surface area contributed by atoms with E-state index in [0.29, 0.717) is 49.9 Å². The second-order valence-corrected chi connectivity index (χ2v) is 17.0. The van der Waals surface area contributed by atoms with Crippen LogP contribution in [0.4, 0.5) is 4.79 Å². The molecule has 2 N–H and O–H groups in total. The number of likely N-dealkylation sites (N-methyl/N-ethyl adjacent to an activating group) is 1. The predicted molar refractivity (Wildman–Crippen MR) is 238 cm³/mol. The lowest BCUT2D eigenvalue weighted by Gasteiger charge is -2.59. The maximum Gasteiger partial charge on any atom is 0.410 e. The average Bonchev–Trinajstić information content (AvgIpc) is 3.31. The lowest BCUT2D eigenvalue weighted by molar-refractivity contribution is -0.254. The van der Waals surface area contributed by atoms with Gasteiger partial charge in [-0.3, -0.25) is 4.98 Å². The number of allylic oxidation sites excluding steroid dienone is 1. The molecule has 2 aromatic carbocycles. The lowest BCUT2D eigenvalue weighted by atomic mass is 9.55. The number of benzene rings is 2. The largest absolute Gasteiger partial charge is 0.487 e. The molecule has 0 spiro atoms. The molecule has 1 saturated heterocycles. The summed E-state index contributed by atoms with van der Waals surface area (Å²) in [6, 6.07) is 21.0. The molecule has 3 heterocycles. The standard InChI is InChI=1S/C50H65N3O10/c1-4-26-61-50-45(53(3)49(56)59-29-28-57-33-36-16-6-5-7-17-36)32-43(52-63-46-21-10-13-27-58-46)41-30-37(18-8-11-24-54)40(20-9-12-25-55)47(48(41)50)42-31-39(22-23-44(42)62-50)60-34-38-19-14-15-35(2)51-38/h4-7,14-17,19,22-23,30-31,37,40,45-48,54-55H,1,8-13,18,20-21,24-29,32-34H2,2-3H3. The van der Waals surface area contributed by atoms with Crippen LogP contribution in [0.2, 0.25) is 0 Å². The zero-order valence-corrected chi connectivity index (χ0v) is 36.9. The van der Waals surface area contributed by atoms with Gasteiger partial charge in [0.05, 0.1) is 43.8 Å². The van der Waals surface area contributed by atoms with Crippen LogP contribution in [0.25, 0.3) is 0 Å². The fraction of sp³-hybridized carbons (Fsp3) is 0.540. The van der Waals surface area contributed by atoms with Gasteiger partial charge in [0.2, 0.25) is 12.1 Å². The Bertz CT molecular complexity index is 2000. The quantitative estimate of drug-likeness (QED) is 0.0569. The van der Waals surface area contributed by atoms with E-state index < -0.39 is 30.1 Å². The third-order valence-corrected chi connectivity index (χ3v) is 12.7. The molecule has 0 radical (unpaired) electrons. The minimum Gasteiger partial charge on any atom is -0.487 e. The van der Waals surface area contributed by atoms with Crippen LogP contribution >= 0.6 is 0 Å². The maximum atomic E-state index is 14.2. The smallest absolute Gasteiger partial charge is 0.410 e. The maximum absolute atomic E-state index is 14.2. The van der Waals surface area contributed by atoms with Crippen molar-refractivity contribution in [2.45, 2.75) is 108 Å². The molecule has 340 valence electrons. The molecular weight excluding hydrogens is 803 g/mol. The van der Waals surface area contributed by atoms with Gasteiger partial charge in [-0.2, -0.15) is 0 Å². The van der Waals surface area contributed by atoms with Gasteiger partial charge in [-0.05, 0) is 98.8 Å². The molecule has 4 aliphatic rings. The van der Waals surface area contributed by atoms with Gasteiger partial charge in [0.15, 0.2) is 0 Å². The van der Waals surface area contributed by atoms with Crippen molar-refractivity contribution in [3.63, 3.8) is 0 Å². The molecule has 1 saturated carbocycles. The Morgan fingerprint density at radius 2 is 1.83 bits per heavy atom. The topological polar surface area (TPSA) is 151 Å². The molecular formula is C50H65N3O10. The van der Waals surface area contributed by atoms with Crippen molar-refractivity contribution >= 4 is 11.8 Å². The summed E-state index contributed by atoms with van der Waals surface area (Å²) in [6.45, 7) is 7.91. The van der Waals surface area contributed by atoms with Gasteiger partial charge in [-0.1, -0.05) is 66.5 Å². The number of rotatable bonds is 22. The molecule has 2 aliphatic carbocycles. The molecule has 1 aromatic heterocycles. The van der Waals surface area contributed by atoms with Gasteiger partial charge < -0.3 is 48.4 Å². The van der Waals surface area contributed by atoms with Crippen LogP contribution in [-0.2, 0) is 37.0 Å². The van der Waals surface area contributed by atoms with Crippen LogP contribution in [0.5, 0.6) is 11.5 Å². The molecule has 2 aliphatic heterocycles. The minimum atomic E-state index is -1.41. The number of aromatic nitrogens is 1. The molecule has 3 aromatic rings. The third kappa shape index (κ3) is 11.3. The Labute approximate surface area is 372 Å². The highest BCUT2D eigenvalue weighted by Crippen LogP contribution is 2.62. The number of aliphatic hydroxyl groups excluding tert-OH is 2. The highest BCUT2D eigenvalue weighted by molar-refractivity contribution is 6.03. The van der Waals surface area contributed by atoms with Crippen molar-refractivity contribution in [1.29, 1.82) is 0 Å². The summed E-state index contributed by atoms with van der Waals surface area (Å²) >= 11 is 0. The number of nitrogens with zero attached hydrogens (tertiary/aromatic N) is 3. The Morgan fingerprint density at radius 3 is 2.59 bits per heavy atom. The normalized spacial score (nSPS) is 25.5. The Balaban J connectivity index is 1.30. The van der Waals surface area contributed by atoms with Crippen LogP contribution in [0.15, 0.2) is 96.2 Å². The van der Waals surface area contributed by atoms with E-state index in [9.17, 15) is 15.0 Å². The van der Waals surface area contributed by atoms with Crippen molar-refractivity contribution in [3.8, 4) is 11.5 Å². The van der Waals surface area contributed by atoms with Crippen molar-refractivity contribution in [3.05, 3.63) is 114 Å². The Kier molecular flexibility index (Phi) is 16.7. The third-order valence-electron chi connectivity index (χ3n) is 12.7. The molecule has 63 heavy (non-hydrogen) atoms. The predicted octanol–water partition coefficient (Wildman–Crippen LogP) is 8.41. The molecule has 2 fully saturated rings. The summed E-state index contributed by atoms with van der Waals surface area (Å²) in [6.07, 6.45) is 10.6. The SMILES string of the molecule is C=CCOC12Oc3ccc(OCc4cccc(C)n4)cc3C3C(CCCCO)C(CCCCO)C=C(C(=NOC4CCCCO4)CC1N(C)C(=O)OCCOCc1ccccc1)C32. The van der Waals surface area contributed by atoms with Crippen LogP contribution < -0.4 is 9.47 Å². The second-order valence-electron chi connectivity index (χ2n) is 17.0. The summed E-state index contributed by atoms with van der Waals surface area (Å²) in [7, 11) is 1.72. The minimum absolute atomic E-state index is 0.0521. The fourth-order valence-corrected chi connectivity index (χ4v) is 9.75. The molecule has 7 unspecified atom stereocenters. The van der Waals surface area contributed by atoms with E-state index in [2.05, 4.69) is 23.7 Å². The number of carbonyl (C=O) groups is 1. The van der Waals surface area contributed by atoms with E-state index >= 15 is 0 Å². The second kappa shape index (κ2) is 22.7. The number of carbonyl (C=O) groups excluding carboxylic acids is 1. The summed E-state index contributed by atoms with van der Waals surface area (Å²) in [4.78, 5) is 26.7. The van der Waals surface area contributed by atoms with Crippen molar-refractivity contribution in [2.24, 2.45) is 22.9 Å². The van der Waals surface area contributed by atoms with Gasteiger partial charge in [0.25, 0.3) is 0 Å². The number of oxime groups is 1. The van der Waals surface area contributed by atoms with E-state index in [1.807, 2.05) is 67.6 Å². The number of aryl methyl sites for hydroxylation is 1. The van der Waals surface area contributed by atoms with Gasteiger partial charge >= 0.3 is 6.09 Å². The zero-order chi connectivity index (χ0) is 44.0. The highest BCUT2D eigenvalue weighted by Gasteiger charge is 2.65. The van der Waals surface area contributed by atoms with Gasteiger partial charge in [-0.15, -0.1) is 6.58 Å². The lowest BCUT2D eigenvalue weighted by Crippen LogP contribution is -2.69. The fourth-order valence-electron chi connectivity index (χ4n) is 9.75. The molecule has 13 nitrogen and oxygen atoms in total.